The van der Waals surface area contributed by atoms with Crippen molar-refractivity contribution < 1.29 is 19.6 Å². The van der Waals surface area contributed by atoms with Crippen molar-refractivity contribution in [2.24, 2.45) is 11.8 Å². The fourth-order valence-electron chi connectivity index (χ4n) is 2.42. The Bertz CT molecular complexity index is 549. The number of hydrogen-bond donors (Lipinski definition) is 1. The number of hydrogen-bond acceptors (Lipinski definition) is 4. The average molecular weight is 291 g/mol. The number of rotatable bonds is 5. The lowest BCUT2D eigenvalue weighted by Crippen LogP contribution is -2.22. The summed E-state index contributed by atoms with van der Waals surface area (Å²) in [5.41, 5.74) is -0.489. The zero-order valence-electron chi connectivity index (χ0n) is 11.7. The standard InChI is InChI=1S/C15H17NO5/c1-10-5-2-3-6-11(10)9-21-14-12(15(17)18)7-4-8-13(14)16(19)20/h2-4,7-8,10-11H,5-6,9H2,1H3,(H,17,18). The first kappa shape index (κ1) is 15.0. The Morgan fingerprint density at radius 1 is 1.43 bits per heavy atom. The molecule has 0 heterocycles. The van der Waals surface area contributed by atoms with Gasteiger partial charge in [-0.05, 0) is 30.7 Å². The zero-order chi connectivity index (χ0) is 15.4. The molecule has 0 fully saturated rings. The third kappa shape index (κ3) is 3.39. The Morgan fingerprint density at radius 2 is 2.14 bits per heavy atom. The molecule has 0 saturated heterocycles. The van der Waals surface area contributed by atoms with E-state index in [0.717, 1.165) is 12.8 Å². The lowest BCUT2D eigenvalue weighted by molar-refractivity contribution is -0.386. The number of aromatic carboxylic acids is 1. The summed E-state index contributed by atoms with van der Waals surface area (Å²) < 4.78 is 5.54. The Morgan fingerprint density at radius 3 is 2.76 bits per heavy atom. The Labute approximate surface area is 122 Å². The average Bonchev–Trinajstić information content (AvgIpc) is 2.45. The third-order valence-electron chi connectivity index (χ3n) is 3.78. The third-order valence-corrected chi connectivity index (χ3v) is 3.78. The number of nitro groups is 1. The van der Waals surface area contributed by atoms with E-state index in [9.17, 15) is 14.9 Å². The largest absolute Gasteiger partial charge is 0.486 e. The first-order chi connectivity index (χ1) is 10.0. The molecule has 0 aromatic heterocycles. The Kier molecular flexibility index (Phi) is 4.57. The number of benzene rings is 1. The minimum absolute atomic E-state index is 0.156. The highest BCUT2D eigenvalue weighted by Gasteiger charge is 2.25. The monoisotopic (exact) mass is 291 g/mol. The van der Waals surface area contributed by atoms with Crippen LogP contribution in [0.4, 0.5) is 5.69 Å². The SMILES string of the molecule is CC1CC=CCC1COc1c(C(=O)O)cccc1[N+](=O)[O-]. The molecule has 2 unspecified atom stereocenters. The zero-order valence-corrected chi connectivity index (χ0v) is 11.7. The molecule has 1 aromatic carbocycles. The maximum atomic E-state index is 11.2. The molecule has 21 heavy (non-hydrogen) atoms. The number of ether oxygens (including phenoxy) is 1. The van der Waals surface area contributed by atoms with Crippen LogP contribution in [0.5, 0.6) is 5.75 Å². The van der Waals surface area contributed by atoms with Crippen LogP contribution in [0.1, 0.15) is 30.1 Å². The summed E-state index contributed by atoms with van der Waals surface area (Å²) >= 11 is 0. The molecule has 1 aliphatic rings. The summed E-state index contributed by atoms with van der Waals surface area (Å²) in [6, 6.07) is 3.92. The van der Waals surface area contributed by atoms with E-state index in [4.69, 9.17) is 9.84 Å². The van der Waals surface area contributed by atoms with Crippen molar-refractivity contribution in [1.29, 1.82) is 0 Å². The molecule has 1 N–H and O–H groups in total. The molecule has 1 aromatic rings. The van der Waals surface area contributed by atoms with E-state index in [0.29, 0.717) is 5.92 Å². The smallest absolute Gasteiger partial charge is 0.339 e. The fourth-order valence-corrected chi connectivity index (χ4v) is 2.42. The molecule has 2 rings (SSSR count). The molecule has 112 valence electrons. The second-order valence-electron chi connectivity index (χ2n) is 5.21. The van der Waals surface area contributed by atoms with Crippen molar-refractivity contribution in [3.05, 3.63) is 46.0 Å². The second-order valence-corrected chi connectivity index (χ2v) is 5.21. The number of nitro benzene ring substituents is 1. The summed E-state index contributed by atoms with van der Waals surface area (Å²) in [7, 11) is 0. The van der Waals surface area contributed by atoms with Crippen LogP contribution >= 0.6 is 0 Å². The maximum absolute atomic E-state index is 11.2. The second kappa shape index (κ2) is 6.39. The van der Waals surface area contributed by atoms with E-state index in [1.807, 2.05) is 0 Å². The summed E-state index contributed by atoms with van der Waals surface area (Å²) in [6.07, 6.45) is 5.95. The minimum atomic E-state index is -1.23. The van der Waals surface area contributed by atoms with Gasteiger partial charge in [0.15, 0.2) is 0 Å². The van der Waals surface area contributed by atoms with Gasteiger partial charge in [0.2, 0.25) is 5.75 Å². The molecule has 6 heteroatoms. The summed E-state index contributed by atoms with van der Waals surface area (Å²) in [4.78, 5) is 21.6. The molecule has 1 aliphatic carbocycles. The Hall–Kier alpha value is -2.37. The van der Waals surface area contributed by atoms with Crippen molar-refractivity contribution >= 4 is 11.7 Å². The summed E-state index contributed by atoms with van der Waals surface area (Å²) in [5.74, 6) is -0.746. The van der Waals surface area contributed by atoms with Gasteiger partial charge >= 0.3 is 11.7 Å². The summed E-state index contributed by atoms with van der Waals surface area (Å²) in [6.45, 7) is 2.37. The van der Waals surface area contributed by atoms with E-state index in [-0.39, 0.29) is 29.5 Å². The van der Waals surface area contributed by atoms with Crippen molar-refractivity contribution in [2.75, 3.05) is 6.61 Å². The van der Waals surface area contributed by atoms with Gasteiger partial charge in [0, 0.05) is 6.07 Å². The number of carboxylic acids is 1. The van der Waals surface area contributed by atoms with Gasteiger partial charge < -0.3 is 9.84 Å². The highest BCUT2D eigenvalue weighted by atomic mass is 16.6. The number of nitrogens with zero attached hydrogens (tertiary/aromatic N) is 1. The van der Waals surface area contributed by atoms with Gasteiger partial charge in [0.25, 0.3) is 0 Å². The Balaban J connectivity index is 2.23. The first-order valence-electron chi connectivity index (χ1n) is 6.79. The van der Waals surface area contributed by atoms with Crippen molar-refractivity contribution in [3.63, 3.8) is 0 Å². The van der Waals surface area contributed by atoms with Crippen LogP contribution in [0.25, 0.3) is 0 Å². The molecule has 0 spiro atoms. The minimum Gasteiger partial charge on any atom is -0.486 e. The quantitative estimate of drug-likeness (QED) is 0.511. The molecule has 6 nitrogen and oxygen atoms in total. The molecule has 0 bridgehead atoms. The number of carboxylic acid groups (broad SMARTS) is 1. The maximum Gasteiger partial charge on any atom is 0.339 e. The highest BCUT2D eigenvalue weighted by Crippen LogP contribution is 2.33. The van der Waals surface area contributed by atoms with Gasteiger partial charge in [-0.3, -0.25) is 10.1 Å². The van der Waals surface area contributed by atoms with Crippen LogP contribution < -0.4 is 4.74 Å². The molecular weight excluding hydrogens is 274 g/mol. The summed E-state index contributed by atoms with van der Waals surface area (Å²) in [5, 5.41) is 20.2. The molecular formula is C15H17NO5. The van der Waals surface area contributed by atoms with Crippen LogP contribution in [0.15, 0.2) is 30.4 Å². The first-order valence-corrected chi connectivity index (χ1v) is 6.79. The van der Waals surface area contributed by atoms with Crippen LogP contribution in [-0.4, -0.2) is 22.6 Å². The van der Waals surface area contributed by atoms with Crippen LogP contribution in [0.2, 0.25) is 0 Å². The van der Waals surface area contributed by atoms with E-state index in [1.54, 1.807) is 0 Å². The highest BCUT2D eigenvalue weighted by molar-refractivity contribution is 5.92. The van der Waals surface area contributed by atoms with Gasteiger partial charge in [-0.2, -0.15) is 0 Å². The number of para-hydroxylation sites is 1. The van der Waals surface area contributed by atoms with Gasteiger partial charge in [-0.25, -0.2) is 4.79 Å². The van der Waals surface area contributed by atoms with Gasteiger partial charge in [-0.15, -0.1) is 0 Å². The number of carbonyl (C=O) groups is 1. The van der Waals surface area contributed by atoms with Gasteiger partial charge in [0.1, 0.15) is 5.56 Å². The molecule has 2 atom stereocenters. The number of allylic oxidation sites excluding steroid dienone is 2. The lowest BCUT2D eigenvalue weighted by Gasteiger charge is -2.25. The van der Waals surface area contributed by atoms with Crippen LogP contribution in [0, 0.1) is 22.0 Å². The van der Waals surface area contributed by atoms with Gasteiger partial charge in [0.05, 0.1) is 11.5 Å². The molecule has 0 aliphatic heterocycles. The fraction of sp³-hybridized carbons (Fsp3) is 0.400. The van der Waals surface area contributed by atoms with E-state index < -0.39 is 10.9 Å². The topological polar surface area (TPSA) is 89.7 Å². The van der Waals surface area contributed by atoms with Crippen molar-refractivity contribution in [1.82, 2.24) is 0 Å². The normalized spacial score (nSPS) is 21.0. The predicted octanol–water partition coefficient (Wildman–Crippen LogP) is 3.27. The van der Waals surface area contributed by atoms with E-state index in [1.165, 1.54) is 18.2 Å². The predicted molar refractivity (Wildman–Crippen MR) is 76.6 cm³/mol. The molecule has 0 amide bonds. The van der Waals surface area contributed by atoms with Crippen molar-refractivity contribution in [2.45, 2.75) is 19.8 Å². The lowest BCUT2D eigenvalue weighted by atomic mass is 9.85. The van der Waals surface area contributed by atoms with Crippen LogP contribution in [-0.2, 0) is 0 Å². The van der Waals surface area contributed by atoms with Crippen LogP contribution in [0.3, 0.4) is 0 Å². The van der Waals surface area contributed by atoms with Crippen molar-refractivity contribution in [3.8, 4) is 5.75 Å². The molecule has 0 radical (unpaired) electrons. The molecule has 0 saturated carbocycles. The van der Waals surface area contributed by atoms with E-state index in [2.05, 4.69) is 19.1 Å². The van der Waals surface area contributed by atoms with E-state index >= 15 is 0 Å². The van der Waals surface area contributed by atoms with Gasteiger partial charge in [-0.1, -0.05) is 25.1 Å².